The van der Waals surface area contributed by atoms with E-state index in [0.29, 0.717) is 29.1 Å². The molecule has 0 radical (unpaired) electrons. The molecule has 2 rings (SSSR count). The summed E-state index contributed by atoms with van der Waals surface area (Å²) in [6.07, 6.45) is 0. The molecule has 1 heterocycles. The lowest BCUT2D eigenvalue weighted by atomic mass is 10.2. The standard InChI is InChI=1S/C15H20ClN5OS/c1-4-20(5-2)14(22)10(3)23-15-19-18-13(21(15)17)11-6-8-12(16)9-7-11/h6-10H,4-5,17H2,1-3H3. The number of nitrogens with two attached hydrogens (primary N) is 1. The largest absolute Gasteiger partial charge is 0.342 e. The van der Waals surface area contributed by atoms with E-state index in [-0.39, 0.29) is 11.2 Å². The Kier molecular flexibility index (Phi) is 5.90. The third-order valence-corrected chi connectivity index (χ3v) is 4.77. The monoisotopic (exact) mass is 353 g/mol. The number of rotatable bonds is 6. The van der Waals surface area contributed by atoms with Gasteiger partial charge in [0, 0.05) is 23.7 Å². The van der Waals surface area contributed by atoms with Gasteiger partial charge in [0.2, 0.25) is 11.1 Å². The van der Waals surface area contributed by atoms with Gasteiger partial charge in [-0.15, -0.1) is 10.2 Å². The first kappa shape index (κ1) is 17.6. The van der Waals surface area contributed by atoms with Gasteiger partial charge >= 0.3 is 0 Å². The second-order valence-electron chi connectivity index (χ2n) is 4.95. The van der Waals surface area contributed by atoms with Crippen molar-refractivity contribution in [2.45, 2.75) is 31.2 Å². The minimum absolute atomic E-state index is 0.0658. The summed E-state index contributed by atoms with van der Waals surface area (Å²) in [4.78, 5) is 14.1. The third-order valence-electron chi connectivity index (χ3n) is 3.47. The van der Waals surface area contributed by atoms with Crippen molar-refractivity contribution >= 4 is 29.3 Å². The fourth-order valence-electron chi connectivity index (χ4n) is 2.15. The smallest absolute Gasteiger partial charge is 0.235 e. The Hall–Kier alpha value is -1.73. The van der Waals surface area contributed by atoms with Crippen molar-refractivity contribution in [3.8, 4) is 11.4 Å². The first-order valence-corrected chi connectivity index (χ1v) is 8.65. The highest BCUT2D eigenvalue weighted by Gasteiger charge is 2.22. The quantitative estimate of drug-likeness (QED) is 0.638. The highest BCUT2D eigenvalue weighted by atomic mass is 35.5. The van der Waals surface area contributed by atoms with Crippen molar-refractivity contribution in [1.82, 2.24) is 19.8 Å². The number of nitrogens with zero attached hydrogens (tertiary/aromatic N) is 4. The van der Waals surface area contributed by atoms with E-state index in [1.807, 2.05) is 32.9 Å². The van der Waals surface area contributed by atoms with Gasteiger partial charge in [0.1, 0.15) is 0 Å². The number of nitrogen functional groups attached to an aromatic ring is 1. The summed E-state index contributed by atoms with van der Waals surface area (Å²) in [5.41, 5.74) is 0.818. The summed E-state index contributed by atoms with van der Waals surface area (Å²) in [7, 11) is 0. The van der Waals surface area contributed by atoms with Crippen LogP contribution in [0.1, 0.15) is 20.8 Å². The number of carbonyl (C=O) groups is 1. The van der Waals surface area contributed by atoms with E-state index in [9.17, 15) is 4.79 Å². The van der Waals surface area contributed by atoms with Crippen LogP contribution in [-0.4, -0.2) is 44.0 Å². The van der Waals surface area contributed by atoms with E-state index < -0.39 is 0 Å². The molecule has 0 bridgehead atoms. The van der Waals surface area contributed by atoms with Crippen LogP contribution in [0.25, 0.3) is 11.4 Å². The Bertz CT molecular complexity index is 669. The summed E-state index contributed by atoms with van der Waals surface area (Å²) in [6.45, 7) is 7.14. The SMILES string of the molecule is CCN(CC)C(=O)C(C)Sc1nnc(-c2ccc(Cl)cc2)n1N. The molecule has 124 valence electrons. The van der Waals surface area contributed by atoms with Gasteiger partial charge < -0.3 is 10.7 Å². The second kappa shape index (κ2) is 7.70. The van der Waals surface area contributed by atoms with Crippen LogP contribution in [-0.2, 0) is 4.79 Å². The summed E-state index contributed by atoms with van der Waals surface area (Å²) in [5, 5.41) is 9.08. The Morgan fingerprint density at radius 2 is 1.91 bits per heavy atom. The maximum absolute atomic E-state index is 12.3. The first-order chi connectivity index (χ1) is 11.0. The molecular formula is C15H20ClN5OS. The van der Waals surface area contributed by atoms with Crippen molar-refractivity contribution in [2.75, 3.05) is 18.9 Å². The van der Waals surface area contributed by atoms with Crippen LogP contribution in [0.2, 0.25) is 5.02 Å². The molecule has 8 heteroatoms. The van der Waals surface area contributed by atoms with E-state index in [2.05, 4.69) is 10.2 Å². The van der Waals surface area contributed by atoms with Gasteiger partial charge in [-0.25, -0.2) is 4.68 Å². The number of hydrogen-bond donors (Lipinski definition) is 1. The van der Waals surface area contributed by atoms with Crippen molar-refractivity contribution in [1.29, 1.82) is 0 Å². The van der Waals surface area contributed by atoms with E-state index in [0.717, 1.165) is 5.56 Å². The predicted octanol–water partition coefficient (Wildman–Crippen LogP) is 2.66. The number of halogens is 1. The van der Waals surface area contributed by atoms with Crippen LogP contribution in [0.5, 0.6) is 0 Å². The summed E-state index contributed by atoms with van der Waals surface area (Å²) >= 11 is 7.19. The Morgan fingerprint density at radius 3 is 2.48 bits per heavy atom. The zero-order valence-electron chi connectivity index (χ0n) is 13.4. The van der Waals surface area contributed by atoms with Crippen LogP contribution in [0.3, 0.4) is 0 Å². The molecule has 0 spiro atoms. The minimum Gasteiger partial charge on any atom is -0.342 e. The van der Waals surface area contributed by atoms with Gasteiger partial charge in [-0.2, -0.15) is 0 Å². The number of amides is 1. The zero-order chi connectivity index (χ0) is 17.0. The van der Waals surface area contributed by atoms with E-state index in [4.69, 9.17) is 17.4 Å². The fourth-order valence-corrected chi connectivity index (χ4v) is 3.13. The topological polar surface area (TPSA) is 77.0 Å². The van der Waals surface area contributed by atoms with Crippen molar-refractivity contribution in [2.24, 2.45) is 0 Å². The molecule has 0 aliphatic rings. The highest BCUT2D eigenvalue weighted by Crippen LogP contribution is 2.26. The summed E-state index contributed by atoms with van der Waals surface area (Å²) < 4.78 is 1.40. The van der Waals surface area contributed by atoms with Gasteiger partial charge in [-0.05, 0) is 45.0 Å². The summed E-state index contributed by atoms with van der Waals surface area (Å²) in [6, 6.07) is 7.19. The lowest BCUT2D eigenvalue weighted by Crippen LogP contribution is -2.36. The van der Waals surface area contributed by atoms with Crippen molar-refractivity contribution in [3.63, 3.8) is 0 Å². The van der Waals surface area contributed by atoms with Crippen molar-refractivity contribution < 1.29 is 4.79 Å². The molecule has 0 saturated carbocycles. The minimum atomic E-state index is -0.278. The van der Waals surface area contributed by atoms with E-state index >= 15 is 0 Å². The van der Waals surface area contributed by atoms with Gasteiger partial charge in [-0.1, -0.05) is 23.4 Å². The molecule has 6 nitrogen and oxygen atoms in total. The zero-order valence-corrected chi connectivity index (χ0v) is 14.9. The van der Waals surface area contributed by atoms with Gasteiger partial charge in [0.05, 0.1) is 5.25 Å². The highest BCUT2D eigenvalue weighted by molar-refractivity contribution is 8.00. The molecule has 0 saturated heterocycles. The summed E-state index contributed by atoms with van der Waals surface area (Å²) in [5.74, 6) is 6.68. The average molecular weight is 354 g/mol. The lowest BCUT2D eigenvalue weighted by molar-refractivity contribution is -0.129. The molecule has 2 N–H and O–H groups in total. The van der Waals surface area contributed by atoms with Crippen LogP contribution in [0, 0.1) is 0 Å². The number of thioether (sulfide) groups is 1. The molecule has 1 unspecified atom stereocenters. The molecule has 1 amide bonds. The molecule has 2 aromatic rings. The maximum Gasteiger partial charge on any atom is 0.235 e. The first-order valence-electron chi connectivity index (χ1n) is 7.39. The van der Waals surface area contributed by atoms with E-state index in [1.54, 1.807) is 17.0 Å². The normalized spacial score (nSPS) is 12.2. The third kappa shape index (κ3) is 3.97. The molecule has 0 fully saturated rings. The molecule has 1 atom stereocenters. The average Bonchev–Trinajstić information content (AvgIpc) is 2.90. The van der Waals surface area contributed by atoms with Crippen LogP contribution in [0.15, 0.2) is 29.4 Å². The number of hydrogen-bond acceptors (Lipinski definition) is 5. The van der Waals surface area contributed by atoms with E-state index in [1.165, 1.54) is 16.4 Å². The number of aromatic nitrogens is 3. The Labute approximate surface area is 145 Å². The van der Waals surface area contributed by atoms with Crippen LogP contribution < -0.4 is 5.84 Å². The van der Waals surface area contributed by atoms with Gasteiger partial charge in [0.15, 0.2) is 5.82 Å². The number of benzene rings is 1. The number of carbonyl (C=O) groups excluding carboxylic acids is 1. The Balaban J connectivity index is 2.16. The second-order valence-corrected chi connectivity index (χ2v) is 6.70. The molecule has 23 heavy (non-hydrogen) atoms. The maximum atomic E-state index is 12.3. The molecule has 0 aliphatic heterocycles. The van der Waals surface area contributed by atoms with Crippen LogP contribution in [0.4, 0.5) is 0 Å². The van der Waals surface area contributed by atoms with Gasteiger partial charge in [-0.3, -0.25) is 4.79 Å². The molecular weight excluding hydrogens is 334 g/mol. The lowest BCUT2D eigenvalue weighted by Gasteiger charge is -2.22. The Morgan fingerprint density at radius 1 is 1.30 bits per heavy atom. The molecule has 1 aromatic heterocycles. The molecule has 0 aliphatic carbocycles. The fraction of sp³-hybridized carbons (Fsp3) is 0.400. The van der Waals surface area contributed by atoms with Gasteiger partial charge in [0.25, 0.3) is 0 Å². The van der Waals surface area contributed by atoms with Crippen LogP contribution >= 0.6 is 23.4 Å². The predicted molar refractivity (Wildman–Crippen MR) is 93.9 cm³/mol. The van der Waals surface area contributed by atoms with Crippen molar-refractivity contribution in [3.05, 3.63) is 29.3 Å². The molecule has 1 aromatic carbocycles.